The fourth-order valence-corrected chi connectivity index (χ4v) is 2.92. The Morgan fingerprint density at radius 3 is 2.53 bits per heavy atom. The van der Waals surface area contributed by atoms with Gasteiger partial charge < -0.3 is 4.74 Å². The van der Waals surface area contributed by atoms with Crippen molar-refractivity contribution < 1.29 is 17.7 Å². The molecule has 0 bridgehead atoms. The van der Waals surface area contributed by atoms with Crippen LogP contribution in [-0.2, 0) is 10.1 Å². The number of halogens is 1. The van der Waals surface area contributed by atoms with Crippen LogP contribution in [0.4, 0.5) is 5.69 Å². The molecule has 0 heterocycles. The Balaban J connectivity index is 3.60. The molecule has 1 aromatic carbocycles. The van der Waals surface area contributed by atoms with E-state index in [4.69, 9.17) is 14.7 Å². The topological polar surface area (TPSA) is 91.8 Å². The van der Waals surface area contributed by atoms with Crippen molar-refractivity contribution in [3.8, 4) is 5.75 Å². The third-order valence-electron chi connectivity index (χ3n) is 1.60. The lowest BCUT2D eigenvalue weighted by Gasteiger charge is -2.04. The lowest BCUT2D eigenvalue weighted by molar-refractivity contribution is 0.409. The van der Waals surface area contributed by atoms with E-state index in [9.17, 15) is 8.42 Å². The lowest BCUT2D eigenvalue weighted by atomic mass is 10.3. The molecule has 0 fully saturated rings. The summed E-state index contributed by atoms with van der Waals surface area (Å²) in [4.78, 5) is 2.48. The molecule has 6 nitrogen and oxygen atoms in total. The number of ether oxygens (including phenoxy) is 1. The SMILES string of the molecule is COc1cc([N+]#N)cc(S(=O)(=O)O)c1I. The summed E-state index contributed by atoms with van der Waals surface area (Å²) < 4.78 is 35.9. The van der Waals surface area contributed by atoms with Gasteiger partial charge in [0.05, 0.1) is 22.8 Å². The number of nitrogens with zero attached hydrogens (tertiary/aromatic N) is 2. The number of hydrogen-bond acceptors (Lipinski definition) is 4. The smallest absolute Gasteiger partial charge is 0.390 e. The molecule has 0 saturated heterocycles. The fourth-order valence-electron chi connectivity index (χ4n) is 0.952. The van der Waals surface area contributed by atoms with E-state index in [-0.39, 0.29) is 19.9 Å². The summed E-state index contributed by atoms with van der Waals surface area (Å²) in [6.07, 6.45) is 0. The molecule has 8 heteroatoms. The van der Waals surface area contributed by atoms with Gasteiger partial charge in [0, 0.05) is 0 Å². The highest BCUT2D eigenvalue weighted by Gasteiger charge is 2.23. The zero-order valence-corrected chi connectivity index (χ0v) is 10.5. The number of benzene rings is 1. The van der Waals surface area contributed by atoms with Gasteiger partial charge in [-0.3, -0.25) is 4.55 Å². The van der Waals surface area contributed by atoms with Crippen molar-refractivity contribution in [2.45, 2.75) is 4.90 Å². The van der Waals surface area contributed by atoms with Crippen molar-refractivity contribution in [3.05, 3.63) is 20.7 Å². The zero-order chi connectivity index (χ0) is 11.6. The summed E-state index contributed by atoms with van der Waals surface area (Å²) in [6.45, 7) is 0. The van der Waals surface area contributed by atoms with E-state index >= 15 is 0 Å². The van der Waals surface area contributed by atoms with Crippen LogP contribution in [0, 0.1) is 8.96 Å². The molecular formula is C7H6IN2O4S+. The van der Waals surface area contributed by atoms with Gasteiger partial charge in [0.2, 0.25) is 5.39 Å². The summed E-state index contributed by atoms with van der Waals surface area (Å²) in [5, 5.41) is 8.53. The number of methoxy groups -OCH3 is 1. The highest BCUT2D eigenvalue weighted by Crippen LogP contribution is 2.32. The van der Waals surface area contributed by atoms with Gasteiger partial charge in [-0.15, -0.1) is 0 Å². The monoisotopic (exact) mass is 341 g/mol. The maximum Gasteiger partial charge on any atom is 0.390 e. The van der Waals surface area contributed by atoms with Gasteiger partial charge in [-0.05, 0) is 22.6 Å². The van der Waals surface area contributed by atoms with E-state index in [1.807, 2.05) is 0 Å². The maximum absolute atomic E-state index is 11.0. The van der Waals surface area contributed by atoms with Crippen LogP contribution in [0.25, 0.3) is 4.98 Å². The molecule has 0 amide bonds. The largest absolute Gasteiger partial charge is 0.495 e. The first-order valence-electron chi connectivity index (χ1n) is 3.60. The average Bonchev–Trinajstić information content (AvgIpc) is 2.16. The van der Waals surface area contributed by atoms with Crippen LogP contribution in [0.3, 0.4) is 0 Å². The van der Waals surface area contributed by atoms with Crippen molar-refractivity contribution in [3.63, 3.8) is 0 Å². The van der Waals surface area contributed by atoms with Crippen molar-refractivity contribution in [1.29, 1.82) is 5.39 Å². The molecule has 0 atom stereocenters. The van der Waals surface area contributed by atoms with E-state index in [0.717, 1.165) is 6.07 Å². The minimum Gasteiger partial charge on any atom is -0.495 e. The summed E-state index contributed by atoms with van der Waals surface area (Å²) in [5.74, 6) is 0.207. The first kappa shape index (κ1) is 12.2. The third kappa shape index (κ3) is 2.55. The van der Waals surface area contributed by atoms with E-state index in [1.54, 1.807) is 22.6 Å². The second-order valence-electron chi connectivity index (χ2n) is 2.54. The van der Waals surface area contributed by atoms with Crippen molar-refractivity contribution in [1.82, 2.24) is 0 Å². The van der Waals surface area contributed by atoms with Gasteiger partial charge in [-0.2, -0.15) is 8.42 Å². The van der Waals surface area contributed by atoms with Crippen molar-refractivity contribution in [2.24, 2.45) is 0 Å². The Hall–Kier alpha value is -0.920. The van der Waals surface area contributed by atoms with Crippen molar-refractivity contribution >= 4 is 38.4 Å². The average molecular weight is 341 g/mol. The highest BCUT2D eigenvalue weighted by atomic mass is 127. The quantitative estimate of drug-likeness (QED) is 0.505. The van der Waals surface area contributed by atoms with Crippen LogP contribution in [0.15, 0.2) is 17.0 Å². The van der Waals surface area contributed by atoms with Crippen LogP contribution in [0.5, 0.6) is 5.75 Å². The molecule has 0 aliphatic rings. The molecule has 0 saturated carbocycles. The van der Waals surface area contributed by atoms with Gasteiger partial charge >= 0.3 is 5.69 Å². The minimum absolute atomic E-state index is 0.0140. The van der Waals surface area contributed by atoms with Crippen LogP contribution < -0.4 is 4.74 Å². The van der Waals surface area contributed by atoms with Gasteiger partial charge in [0.25, 0.3) is 10.1 Å². The summed E-state index contributed by atoms with van der Waals surface area (Å²) >= 11 is 1.71. The second kappa shape index (κ2) is 4.30. The Morgan fingerprint density at radius 1 is 1.53 bits per heavy atom. The lowest BCUT2D eigenvalue weighted by Crippen LogP contribution is -2.02. The molecular weight excluding hydrogens is 335 g/mol. The molecule has 15 heavy (non-hydrogen) atoms. The number of diazo groups is 1. The predicted octanol–water partition coefficient (Wildman–Crippen LogP) is 2.03. The first-order chi connectivity index (χ1) is 6.90. The molecule has 0 spiro atoms. The Bertz CT molecular complexity index is 535. The summed E-state index contributed by atoms with van der Waals surface area (Å²) in [6, 6.07) is 2.38. The second-order valence-corrected chi connectivity index (χ2v) is 5.00. The Labute approximate surface area is 99.8 Å². The Morgan fingerprint density at radius 2 is 2.13 bits per heavy atom. The normalized spacial score (nSPS) is 10.8. The standard InChI is InChI=1S/C7H5IN2O4S/c1-14-5-2-4(10-9)3-6(7(5)8)15(11,12)13/h2-3H,1H3/p+1. The molecule has 1 aromatic rings. The third-order valence-corrected chi connectivity index (χ3v) is 3.96. The van der Waals surface area contributed by atoms with E-state index < -0.39 is 10.1 Å². The molecule has 0 radical (unpaired) electrons. The van der Waals surface area contributed by atoms with Gasteiger partial charge in [-0.1, -0.05) is 0 Å². The van der Waals surface area contributed by atoms with Gasteiger partial charge in [0.15, 0.2) is 4.98 Å². The number of hydrogen-bond donors (Lipinski definition) is 1. The molecule has 0 aromatic heterocycles. The zero-order valence-electron chi connectivity index (χ0n) is 7.51. The summed E-state index contributed by atoms with van der Waals surface area (Å²) in [5.41, 5.74) is -0.0140. The van der Waals surface area contributed by atoms with Crippen LogP contribution in [-0.4, -0.2) is 20.1 Å². The van der Waals surface area contributed by atoms with Crippen LogP contribution >= 0.6 is 22.6 Å². The molecule has 0 aliphatic carbocycles. The first-order valence-corrected chi connectivity index (χ1v) is 6.12. The van der Waals surface area contributed by atoms with E-state index in [0.29, 0.717) is 0 Å². The van der Waals surface area contributed by atoms with E-state index in [2.05, 4.69) is 4.98 Å². The predicted molar refractivity (Wildman–Crippen MR) is 60.3 cm³/mol. The Kier molecular flexibility index (Phi) is 3.48. The van der Waals surface area contributed by atoms with Crippen LogP contribution in [0.1, 0.15) is 0 Å². The molecule has 0 unspecified atom stereocenters. The van der Waals surface area contributed by atoms with Gasteiger partial charge in [0.1, 0.15) is 10.6 Å². The number of rotatable bonds is 2. The molecule has 80 valence electrons. The maximum atomic E-state index is 11.0. The highest BCUT2D eigenvalue weighted by molar-refractivity contribution is 14.1. The fraction of sp³-hybridized carbons (Fsp3) is 0.143. The molecule has 1 rings (SSSR count). The van der Waals surface area contributed by atoms with Crippen molar-refractivity contribution in [2.75, 3.05) is 7.11 Å². The van der Waals surface area contributed by atoms with Gasteiger partial charge in [-0.25, -0.2) is 0 Å². The molecule has 0 aliphatic heterocycles. The molecule has 1 N–H and O–H groups in total. The van der Waals surface area contributed by atoms with E-state index in [1.165, 1.54) is 13.2 Å². The van der Waals surface area contributed by atoms with Crippen LogP contribution in [0.2, 0.25) is 0 Å². The minimum atomic E-state index is -4.36. The summed E-state index contributed by atoms with van der Waals surface area (Å²) in [7, 11) is -3.02.